The average Bonchev–Trinajstić information content (AvgIpc) is 2.89. The van der Waals surface area contributed by atoms with Crippen LogP contribution in [0.5, 0.6) is 0 Å². The fourth-order valence-electron chi connectivity index (χ4n) is 3.10. The molecule has 1 aromatic rings. The zero-order valence-corrected chi connectivity index (χ0v) is 12.2. The quantitative estimate of drug-likeness (QED) is 0.609. The molecule has 3 heteroatoms. The lowest BCUT2D eigenvalue weighted by Crippen LogP contribution is -2.28. The molecule has 0 aromatic carbocycles. The highest BCUT2D eigenvalue weighted by atomic mass is 35.5. The predicted octanol–water partition coefficient (Wildman–Crippen LogP) is 3.06. The number of nitrogens with zero attached hydrogens (tertiary/aromatic N) is 2. The van der Waals surface area contributed by atoms with Gasteiger partial charge >= 0.3 is 0 Å². The van der Waals surface area contributed by atoms with Gasteiger partial charge in [0.2, 0.25) is 0 Å². The minimum absolute atomic E-state index is 0.249. The lowest BCUT2D eigenvalue weighted by molar-refractivity contribution is 0.263. The summed E-state index contributed by atoms with van der Waals surface area (Å²) in [5.74, 6) is 8.19. The van der Waals surface area contributed by atoms with Crippen LogP contribution in [0, 0.1) is 29.1 Å². The first-order valence-electron chi connectivity index (χ1n) is 6.95. The van der Waals surface area contributed by atoms with E-state index in [9.17, 15) is 0 Å². The van der Waals surface area contributed by atoms with Crippen LogP contribution in [0.4, 0.5) is 0 Å². The highest BCUT2D eigenvalue weighted by Crippen LogP contribution is 2.57. The third-order valence-corrected chi connectivity index (χ3v) is 4.20. The third-order valence-electron chi connectivity index (χ3n) is 3.99. The zero-order chi connectivity index (χ0) is 13.5. The molecule has 2 atom stereocenters. The molecule has 1 saturated heterocycles. The fraction of sp³-hybridized carbons (Fsp3) is 0.562. The number of fused-ring (bicyclic) bond motifs is 1. The summed E-state index contributed by atoms with van der Waals surface area (Å²) in [5.41, 5.74) is 1.04. The topological polar surface area (TPSA) is 16.1 Å². The van der Waals surface area contributed by atoms with E-state index in [0.717, 1.165) is 24.1 Å². The summed E-state index contributed by atoms with van der Waals surface area (Å²) in [7, 11) is 0. The monoisotopic (exact) mass is 274 g/mol. The van der Waals surface area contributed by atoms with Crippen molar-refractivity contribution in [2.24, 2.45) is 17.3 Å². The Morgan fingerprint density at radius 3 is 3.11 bits per heavy atom. The van der Waals surface area contributed by atoms with Crippen molar-refractivity contribution in [1.82, 2.24) is 9.88 Å². The Bertz CT molecular complexity index is 543. The second-order valence-electron chi connectivity index (χ2n) is 6.24. The van der Waals surface area contributed by atoms with E-state index in [1.54, 1.807) is 6.07 Å². The molecule has 1 aliphatic heterocycles. The second-order valence-corrected chi connectivity index (χ2v) is 6.63. The minimum Gasteiger partial charge on any atom is -0.301 e. The van der Waals surface area contributed by atoms with Crippen LogP contribution in [-0.2, 0) is 0 Å². The van der Waals surface area contributed by atoms with Crippen molar-refractivity contribution >= 4 is 11.6 Å². The van der Waals surface area contributed by atoms with Gasteiger partial charge in [-0.1, -0.05) is 37.4 Å². The molecule has 1 aliphatic carbocycles. The van der Waals surface area contributed by atoms with Crippen molar-refractivity contribution in [1.29, 1.82) is 0 Å². The van der Waals surface area contributed by atoms with Crippen LogP contribution < -0.4 is 0 Å². The number of rotatable bonds is 2. The summed E-state index contributed by atoms with van der Waals surface area (Å²) < 4.78 is 0. The van der Waals surface area contributed by atoms with Gasteiger partial charge in [0.05, 0.1) is 0 Å². The van der Waals surface area contributed by atoms with Crippen LogP contribution in [-0.4, -0.2) is 29.5 Å². The number of halogens is 1. The second kappa shape index (κ2) is 4.81. The van der Waals surface area contributed by atoms with Gasteiger partial charge < -0.3 is 4.90 Å². The summed E-state index contributed by atoms with van der Waals surface area (Å²) in [5, 5.41) is 0.518. The Hall–Kier alpha value is -1.04. The van der Waals surface area contributed by atoms with Gasteiger partial charge in [-0.25, -0.2) is 4.98 Å². The average molecular weight is 275 g/mol. The summed E-state index contributed by atoms with van der Waals surface area (Å²) in [6.45, 7) is 8.09. The Balaban J connectivity index is 1.69. The number of likely N-dealkylation sites (tertiary alicyclic amines) is 1. The molecule has 2 aliphatic rings. The summed E-state index contributed by atoms with van der Waals surface area (Å²) in [4.78, 5) is 6.78. The van der Waals surface area contributed by atoms with Crippen LogP contribution in [0.1, 0.15) is 26.0 Å². The molecule has 0 N–H and O–H groups in total. The van der Waals surface area contributed by atoms with Crippen LogP contribution in [0.25, 0.3) is 0 Å². The first-order valence-corrected chi connectivity index (χ1v) is 7.33. The number of hydrogen-bond acceptors (Lipinski definition) is 2. The molecule has 0 bridgehead atoms. The molecule has 3 rings (SSSR count). The van der Waals surface area contributed by atoms with E-state index in [2.05, 4.69) is 35.6 Å². The molecule has 100 valence electrons. The molecule has 0 spiro atoms. The van der Waals surface area contributed by atoms with Gasteiger partial charge in [0, 0.05) is 25.0 Å². The highest BCUT2D eigenvalue weighted by molar-refractivity contribution is 6.29. The SMILES string of the molecule is CC(C)CN1CC2CC2(C#Cc2cccc(Cl)n2)C1. The number of piperidine rings is 1. The Morgan fingerprint density at radius 2 is 2.37 bits per heavy atom. The molecule has 2 nitrogen and oxygen atoms in total. The summed E-state index contributed by atoms with van der Waals surface area (Å²) >= 11 is 5.88. The van der Waals surface area contributed by atoms with Gasteiger partial charge in [-0.3, -0.25) is 0 Å². The Morgan fingerprint density at radius 1 is 1.53 bits per heavy atom. The third kappa shape index (κ3) is 2.78. The normalized spacial score (nSPS) is 28.9. The summed E-state index contributed by atoms with van der Waals surface area (Å²) in [6, 6.07) is 5.61. The van der Waals surface area contributed by atoms with Gasteiger partial charge in [0.15, 0.2) is 0 Å². The summed E-state index contributed by atoms with van der Waals surface area (Å²) in [6.07, 6.45) is 1.26. The van der Waals surface area contributed by atoms with E-state index in [4.69, 9.17) is 11.6 Å². The van der Waals surface area contributed by atoms with E-state index in [1.165, 1.54) is 19.5 Å². The van der Waals surface area contributed by atoms with Gasteiger partial charge in [-0.2, -0.15) is 0 Å². The molecule has 0 radical (unpaired) electrons. The van der Waals surface area contributed by atoms with E-state index < -0.39 is 0 Å². The predicted molar refractivity (Wildman–Crippen MR) is 77.9 cm³/mol. The molecule has 1 saturated carbocycles. The molecule has 19 heavy (non-hydrogen) atoms. The van der Waals surface area contributed by atoms with Crippen molar-refractivity contribution in [3.05, 3.63) is 29.0 Å². The first kappa shape index (κ1) is 13.0. The van der Waals surface area contributed by atoms with Crippen molar-refractivity contribution in [3.63, 3.8) is 0 Å². The highest BCUT2D eigenvalue weighted by Gasteiger charge is 2.58. The number of pyridine rings is 1. The largest absolute Gasteiger partial charge is 0.301 e. The van der Waals surface area contributed by atoms with E-state index in [-0.39, 0.29) is 5.41 Å². The molecule has 2 unspecified atom stereocenters. The van der Waals surface area contributed by atoms with Crippen molar-refractivity contribution < 1.29 is 0 Å². The van der Waals surface area contributed by atoms with Crippen LogP contribution in [0.2, 0.25) is 5.15 Å². The van der Waals surface area contributed by atoms with Gasteiger partial charge in [-0.05, 0) is 36.3 Å². The smallest absolute Gasteiger partial charge is 0.130 e. The van der Waals surface area contributed by atoms with Crippen LogP contribution in [0.3, 0.4) is 0 Å². The van der Waals surface area contributed by atoms with E-state index in [1.807, 2.05) is 12.1 Å². The first-order chi connectivity index (χ1) is 9.07. The maximum Gasteiger partial charge on any atom is 0.130 e. The Labute approximate surface area is 120 Å². The zero-order valence-electron chi connectivity index (χ0n) is 11.5. The standard InChI is InChI=1S/C16H19ClN2/c1-12(2)9-19-10-13-8-16(13,11-19)7-6-14-4-3-5-15(17)18-14/h3-5,12-13H,8-11H2,1-2H3. The minimum atomic E-state index is 0.249. The molecular weight excluding hydrogens is 256 g/mol. The Kier molecular flexibility index (Phi) is 3.28. The molecule has 2 fully saturated rings. The molecule has 2 heterocycles. The number of aromatic nitrogens is 1. The van der Waals surface area contributed by atoms with Gasteiger partial charge in [0.25, 0.3) is 0 Å². The lowest BCUT2D eigenvalue weighted by atomic mass is 10.1. The maximum absolute atomic E-state index is 5.88. The molecular formula is C16H19ClN2. The number of hydrogen-bond donors (Lipinski definition) is 0. The van der Waals surface area contributed by atoms with Crippen molar-refractivity contribution in [2.45, 2.75) is 20.3 Å². The van der Waals surface area contributed by atoms with Crippen LogP contribution >= 0.6 is 11.6 Å². The fourth-order valence-corrected chi connectivity index (χ4v) is 3.27. The maximum atomic E-state index is 5.88. The molecule has 0 amide bonds. The van der Waals surface area contributed by atoms with Crippen molar-refractivity contribution in [2.75, 3.05) is 19.6 Å². The lowest BCUT2D eigenvalue weighted by Gasteiger charge is -2.20. The molecule has 1 aromatic heterocycles. The van der Waals surface area contributed by atoms with Gasteiger partial charge in [0.1, 0.15) is 10.8 Å². The van der Waals surface area contributed by atoms with Crippen molar-refractivity contribution in [3.8, 4) is 11.8 Å². The van der Waals surface area contributed by atoms with Crippen LogP contribution in [0.15, 0.2) is 18.2 Å². The van der Waals surface area contributed by atoms with E-state index >= 15 is 0 Å². The van der Waals surface area contributed by atoms with E-state index in [0.29, 0.717) is 5.15 Å². The van der Waals surface area contributed by atoms with Gasteiger partial charge in [-0.15, -0.1) is 0 Å².